The number of hydrogen-bond acceptors (Lipinski definition) is 3. The summed E-state index contributed by atoms with van der Waals surface area (Å²) in [6.45, 7) is 11.0. The van der Waals surface area contributed by atoms with Gasteiger partial charge in [0.1, 0.15) is 0 Å². The van der Waals surface area contributed by atoms with Gasteiger partial charge in [-0.3, -0.25) is 4.99 Å². The zero-order valence-corrected chi connectivity index (χ0v) is 18.9. The number of aliphatic imine (C=N–C) groups is 1. The molecule has 6 heteroatoms. The molecule has 1 aliphatic carbocycles. The van der Waals surface area contributed by atoms with Gasteiger partial charge in [-0.1, -0.05) is 19.8 Å². The van der Waals surface area contributed by atoms with Crippen molar-refractivity contribution in [1.82, 2.24) is 20.4 Å². The number of rotatable bonds is 8. The van der Waals surface area contributed by atoms with Gasteiger partial charge in [0.15, 0.2) is 5.96 Å². The van der Waals surface area contributed by atoms with Gasteiger partial charge < -0.3 is 20.4 Å². The van der Waals surface area contributed by atoms with Crippen LogP contribution in [0.1, 0.15) is 58.8 Å². The van der Waals surface area contributed by atoms with Crippen LogP contribution in [-0.4, -0.2) is 74.2 Å². The van der Waals surface area contributed by atoms with Crippen molar-refractivity contribution in [2.45, 2.75) is 70.9 Å². The van der Waals surface area contributed by atoms with E-state index in [0.717, 1.165) is 31.6 Å². The molecule has 0 aromatic heterocycles. The summed E-state index contributed by atoms with van der Waals surface area (Å²) in [6.07, 6.45) is 9.26. The highest BCUT2D eigenvalue weighted by Gasteiger charge is 2.20. The normalized spacial score (nSPS) is 20.7. The molecule has 0 unspecified atom stereocenters. The summed E-state index contributed by atoms with van der Waals surface area (Å²) in [5.41, 5.74) is 0. The molecule has 148 valence electrons. The van der Waals surface area contributed by atoms with Crippen molar-refractivity contribution in [2.24, 2.45) is 4.99 Å². The maximum Gasteiger partial charge on any atom is 0.191 e. The number of likely N-dealkylation sites (N-methyl/N-ethyl adjacent to an activating group) is 1. The first-order chi connectivity index (χ1) is 11.7. The van der Waals surface area contributed by atoms with Crippen molar-refractivity contribution in [2.75, 3.05) is 46.3 Å². The molecule has 2 aliphatic rings. The van der Waals surface area contributed by atoms with Gasteiger partial charge >= 0.3 is 0 Å². The van der Waals surface area contributed by atoms with E-state index in [1.54, 1.807) is 0 Å². The topological polar surface area (TPSA) is 42.9 Å². The van der Waals surface area contributed by atoms with Crippen molar-refractivity contribution in [3.8, 4) is 0 Å². The molecule has 0 atom stereocenters. The van der Waals surface area contributed by atoms with Crippen LogP contribution in [0, 0.1) is 0 Å². The maximum absolute atomic E-state index is 4.81. The Morgan fingerprint density at radius 2 is 1.80 bits per heavy atom. The molecular weight excluding hydrogens is 425 g/mol. The third-order valence-electron chi connectivity index (χ3n) is 5.48. The summed E-state index contributed by atoms with van der Waals surface area (Å²) in [4.78, 5) is 9.90. The Kier molecular flexibility index (Phi) is 12.1. The van der Waals surface area contributed by atoms with E-state index in [2.05, 4.69) is 41.3 Å². The highest BCUT2D eigenvalue weighted by Crippen LogP contribution is 2.21. The molecule has 0 aromatic rings. The molecule has 1 heterocycles. The van der Waals surface area contributed by atoms with Crippen LogP contribution in [0.3, 0.4) is 0 Å². The van der Waals surface area contributed by atoms with Gasteiger partial charge in [0.05, 0.1) is 6.54 Å². The average Bonchev–Trinajstić information content (AvgIpc) is 3.11. The molecule has 1 saturated carbocycles. The minimum atomic E-state index is 0. The first-order valence-corrected chi connectivity index (χ1v) is 10.2. The lowest BCUT2D eigenvalue weighted by Crippen LogP contribution is -2.49. The second-order valence-electron chi connectivity index (χ2n) is 7.44. The van der Waals surface area contributed by atoms with Crippen LogP contribution >= 0.6 is 24.0 Å². The highest BCUT2D eigenvalue weighted by atomic mass is 127. The molecule has 0 aromatic carbocycles. The number of nitrogens with zero attached hydrogens (tertiary/aromatic N) is 3. The lowest BCUT2D eigenvalue weighted by atomic mass is 10.1. The number of halogens is 1. The summed E-state index contributed by atoms with van der Waals surface area (Å²) in [5, 5.41) is 7.07. The van der Waals surface area contributed by atoms with Gasteiger partial charge in [-0.05, 0) is 52.6 Å². The van der Waals surface area contributed by atoms with Gasteiger partial charge in [-0.15, -0.1) is 24.0 Å². The van der Waals surface area contributed by atoms with Crippen molar-refractivity contribution in [1.29, 1.82) is 0 Å². The number of likely N-dealkylation sites (tertiary alicyclic amines) is 1. The molecule has 2 N–H and O–H groups in total. The van der Waals surface area contributed by atoms with Gasteiger partial charge in [0.25, 0.3) is 0 Å². The Morgan fingerprint density at radius 1 is 1.12 bits per heavy atom. The second kappa shape index (κ2) is 13.1. The fourth-order valence-electron chi connectivity index (χ4n) is 3.98. The lowest BCUT2D eigenvalue weighted by Gasteiger charge is -2.33. The molecule has 1 aliphatic heterocycles. The van der Waals surface area contributed by atoms with E-state index < -0.39 is 0 Å². The SMILES string of the molecule is CCCN1CCC(NC(=NCCN(C)C2CCCC2)NCC)CC1.I. The number of nitrogens with one attached hydrogen (secondary N) is 2. The Labute approximate surface area is 172 Å². The highest BCUT2D eigenvalue weighted by molar-refractivity contribution is 14.0. The number of piperidine rings is 1. The molecule has 0 bridgehead atoms. The van der Waals surface area contributed by atoms with Crippen molar-refractivity contribution < 1.29 is 0 Å². The van der Waals surface area contributed by atoms with E-state index >= 15 is 0 Å². The third kappa shape index (κ3) is 8.43. The fraction of sp³-hybridized carbons (Fsp3) is 0.947. The molecule has 25 heavy (non-hydrogen) atoms. The van der Waals surface area contributed by atoms with E-state index in [4.69, 9.17) is 4.99 Å². The summed E-state index contributed by atoms with van der Waals surface area (Å²) < 4.78 is 0. The largest absolute Gasteiger partial charge is 0.357 e. The van der Waals surface area contributed by atoms with Crippen LogP contribution in [-0.2, 0) is 0 Å². The molecule has 2 rings (SSSR count). The second-order valence-corrected chi connectivity index (χ2v) is 7.44. The minimum Gasteiger partial charge on any atom is -0.357 e. The predicted molar refractivity (Wildman–Crippen MR) is 119 cm³/mol. The van der Waals surface area contributed by atoms with Crippen molar-refractivity contribution >= 4 is 29.9 Å². The van der Waals surface area contributed by atoms with Gasteiger partial charge in [0, 0.05) is 38.3 Å². The first-order valence-electron chi connectivity index (χ1n) is 10.2. The minimum absolute atomic E-state index is 0. The fourth-order valence-corrected chi connectivity index (χ4v) is 3.98. The van der Waals surface area contributed by atoms with E-state index in [1.165, 1.54) is 64.6 Å². The van der Waals surface area contributed by atoms with Crippen LogP contribution in [0.25, 0.3) is 0 Å². The van der Waals surface area contributed by atoms with E-state index in [1.807, 2.05) is 0 Å². The van der Waals surface area contributed by atoms with Crippen LogP contribution in [0.5, 0.6) is 0 Å². The Bertz CT molecular complexity index is 363. The number of guanidine groups is 1. The Morgan fingerprint density at radius 3 is 2.40 bits per heavy atom. The first kappa shape index (κ1) is 23.0. The molecule has 0 spiro atoms. The Hall–Kier alpha value is -0.0800. The summed E-state index contributed by atoms with van der Waals surface area (Å²) in [5.74, 6) is 1.01. The lowest BCUT2D eigenvalue weighted by molar-refractivity contribution is 0.206. The number of hydrogen-bond donors (Lipinski definition) is 2. The zero-order valence-electron chi connectivity index (χ0n) is 16.6. The van der Waals surface area contributed by atoms with Crippen LogP contribution in [0.2, 0.25) is 0 Å². The van der Waals surface area contributed by atoms with Crippen molar-refractivity contribution in [3.05, 3.63) is 0 Å². The summed E-state index contributed by atoms with van der Waals surface area (Å²) in [6, 6.07) is 1.36. The molecule has 0 amide bonds. The summed E-state index contributed by atoms with van der Waals surface area (Å²) >= 11 is 0. The zero-order chi connectivity index (χ0) is 17.2. The standard InChI is InChI=1S/C19H39N5.HI/c1-4-13-24-14-10-17(11-15-24)22-19(20-5-2)21-12-16-23(3)18-8-6-7-9-18;/h17-18H,4-16H2,1-3H3,(H2,20,21,22);1H. The Balaban J connectivity index is 0.00000312. The van der Waals surface area contributed by atoms with E-state index in [-0.39, 0.29) is 24.0 Å². The van der Waals surface area contributed by atoms with Gasteiger partial charge in [0.2, 0.25) is 0 Å². The summed E-state index contributed by atoms with van der Waals surface area (Å²) in [7, 11) is 2.26. The van der Waals surface area contributed by atoms with Crippen LogP contribution < -0.4 is 10.6 Å². The van der Waals surface area contributed by atoms with Crippen LogP contribution in [0.4, 0.5) is 0 Å². The van der Waals surface area contributed by atoms with E-state index in [9.17, 15) is 0 Å². The van der Waals surface area contributed by atoms with Crippen LogP contribution in [0.15, 0.2) is 4.99 Å². The molecular formula is C19H40IN5. The third-order valence-corrected chi connectivity index (χ3v) is 5.48. The van der Waals surface area contributed by atoms with Gasteiger partial charge in [-0.25, -0.2) is 0 Å². The maximum atomic E-state index is 4.81. The molecule has 1 saturated heterocycles. The smallest absolute Gasteiger partial charge is 0.191 e. The predicted octanol–water partition coefficient (Wildman–Crippen LogP) is 2.91. The monoisotopic (exact) mass is 465 g/mol. The van der Waals surface area contributed by atoms with Gasteiger partial charge in [-0.2, -0.15) is 0 Å². The quantitative estimate of drug-likeness (QED) is 0.329. The molecule has 0 radical (unpaired) electrons. The van der Waals surface area contributed by atoms with E-state index in [0.29, 0.717) is 6.04 Å². The van der Waals surface area contributed by atoms with Crippen molar-refractivity contribution in [3.63, 3.8) is 0 Å². The molecule has 2 fully saturated rings. The average molecular weight is 465 g/mol. The molecule has 5 nitrogen and oxygen atoms in total.